The van der Waals surface area contributed by atoms with Crippen molar-refractivity contribution >= 4 is 29.5 Å². The predicted octanol–water partition coefficient (Wildman–Crippen LogP) is 6.67. The van der Waals surface area contributed by atoms with Gasteiger partial charge in [-0.3, -0.25) is 14.4 Å². The first kappa shape index (κ1) is 46.6. The standard InChI is InChI=1S/C39H75N3O7S/c1-4-6-8-10-12-14-16-18-20-22-24-26-28-40-38(48)32(42-34(45)27-25-23-21-19-17-15-13-11-9-7-5-2)30-50-39-35(41-31(3)44)37(47)36(46)33(29-43)49-39/h32-33,35-37,39,43,46-47H,4-30H2,1-3H3,(H,40,48)(H,41,44)(H,42,45)/t32-,33+,35+,36-,37+,39-/m0/s1. The Morgan fingerprint density at radius 2 is 1.14 bits per heavy atom. The second kappa shape index (κ2) is 31.2. The van der Waals surface area contributed by atoms with Crippen molar-refractivity contribution in [3.8, 4) is 0 Å². The maximum absolute atomic E-state index is 13.3. The molecule has 1 heterocycles. The summed E-state index contributed by atoms with van der Waals surface area (Å²) < 4.78 is 5.84. The van der Waals surface area contributed by atoms with Crippen molar-refractivity contribution in [3.05, 3.63) is 0 Å². The van der Waals surface area contributed by atoms with Gasteiger partial charge < -0.3 is 36.0 Å². The Morgan fingerprint density at radius 1 is 0.680 bits per heavy atom. The molecule has 0 radical (unpaired) electrons. The summed E-state index contributed by atoms with van der Waals surface area (Å²) >= 11 is 1.16. The number of hydrogen-bond acceptors (Lipinski definition) is 8. The lowest BCUT2D eigenvalue weighted by Crippen LogP contribution is -2.63. The molecule has 1 aliphatic heterocycles. The molecular weight excluding hydrogens is 655 g/mol. The van der Waals surface area contributed by atoms with Crippen LogP contribution in [-0.2, 0) is 19.1 Å². The van der Waals surface area contributed by atoms with E-state index in [9.17, 15) is 29.7 Å². The summed E-state index contributed by atoms with van der Waals surface area (Å²) in [5.41, 5.74) is -0.843. The van der Waals surface area contributed by atoms with Gasteiger partial charge in [0, 0.05) is 25.6 Å². The average Bonchev–Trinajstić information content (AvgIpc) is 3.10. The number of nitrogens with one attached hydrogen (secondary N) is 3. The maximum atomic E-state index is 13.3. The van der Waals surface area contributed by atoms with E-state index in [4.69, 9.17) is 4.74 Å². The SMILES string of the molecule is CCCCCCCCCCCCCCNC(=O)[C@H](CS[C@@H]1O[C@H](CO)[C@H](O)[C@H](O)[C@H]1NC(C)=O)NC(=O)CCCCCCCCCCCCC. The van der Waals surface area contributed by atoms with Gasteiger partial charge in [-0.25, -0.2) is 0 Å². The van der Waals surface area contributed by atoms with Crippen LogP contribution in [0, 0.1) is 0 Å². The minimum atomic E-state index is -1.38. The summed E-state index contributed by atoms with van der Waals surface area (Å²) in [7, 11) is 0. The molecule has 0 saturated carbocycles. The first-order chi connectivity index (χ1) is 24.2. The molecule has 0 aliphatic carbocycles. The van der Waals surface area contributed by atoms with Gasteiger partial charge in [0.25, 0.3) is 0 Å². The van der Waals surface area contributed by atoms with Gasteiger partial charge in [0.1, 0.15) is 29.8 Å². The monoisotopic (exact) mass is 730 g/mol. The largest absolute Gasteiger partial charge is 0.394 e. The molecule has 0 aromatic carbocycles. The van der Waals surface area contributed by atoms with E-state index in [1.165, 1.54) is 116 Å². The fraction of sp³-hybridized carbons (Fsp3) is 0.923. The number of amides is 3. The molecule has 294 valence electrons. The molecule has 6 N–H and O–H groups in total. The van der Waals surface area contributed by atoms with Crippen LogP contribution in [0.1, 0.15) is 175 Å². The number of carbonyl (C=O) groups excluding carboxylic acids is 3. The summed E-state index contributed by atoms with van der Waals surface area (Å²) in [6.07, 6.45) is 24.5. The number of aliphatic hydroxyl groups excluding tert-OH is 3. The van der Waals surface area contributed by atoms with Gasteiger partial charge in [0.2, 0.25) is 17.7 Å². The lowest BCUT2D eigenvalue weighted by atomic mass is 9.98. The normalized spacial score (nSPS) is 21.1. The molecule has 1 fully saturated rings. The van der Waals surface area contributed by atoms with Crippen molar-refractivity contribution in [2.45, 2.75) is 211 Å². The maximum Gasteiger partial charge on any atom is 0.243 e. The van der Waals surface area contributed by atoms with E-state index in [1.807, 2.05) is 0 Å². The highest BCUT2D eigenvalue weighted by atomic mass is 32.2. The zero-order valence-corrected chi connectivity index (χ0v) is 32.8. The summed E-state index contributed by atoms with van der Waals surface area (Å²) in [5.74, 6) is -0.733. The summed E-state index contributed by atoms with van der Waals surface area (Å²) in [5, 5.41) is 39.3. The molecule has 50 heavy (non-hydrogen) atoms. The van der Waals surface area contributed by atoms with E-state index < -0.39 is 48.3 Å². The molecule has 0 unspecified atom stereocenters. The van der Waals surface area contributed by atoms with Crippen molar-refractivity contribution in [2.24, 2.45) is 0 Å². The van der Waals surface area contributed by atoms with E-state index in [0.717, 1.165) is 50.3 Å². The highest BCUT2D eigenvalue weighted by Crippen LogP contribution is 2.29. The zero-order valence-electron chi connectivity index (χ0n) is 31.9. The van der Waals surface area contributed by atoms with Gasteiger partial charge in [-0.05, 0) is 12.8 Å². The molecule has 3 amide bonds. The number of hydrogen-bond donors (Lipinski definition) is 6. The Kier molecular flexibility index (Phi) is 29.0. The summed E-state index contributed by atoms with van der Waals surface area (Å²) in [6.45, 7) is 5.80. The minimum Gasteiger partial charge on any atom is -0.394 e. The minimum absolute atomic E-state index is 0.135. The van der Waals surface area contributed by atoms with Gasteiger partial charge >= 0.3 is 0 Å². The Hall–Kier alpha value is -1.40. The fourth-order valence-corrected chi connectivity index (χ4v) is 7.78. The first-order valence-corrected chi connectivity index (χ1v) is 21.4. The Morgan fingerprint density at radius 3 is 1.60 bits per heavy atom. The molecular formula is C39H75N3O7S. The molecule has 6 atom stereocenters. The van der Waals surface area contributed by atoms with Crippen LogP contribution < -0.4 is 16.0 Å². The van der Waals surface area contributed by atoms with Gasteiger partial charge in [-0.2, -0.15) is 0 Å². The van der Waals surface area contributed by atoms with Crippen LogP contribution in [0.25, 0.3) is 0 Å². The Balaban J connectivity index is 2.56. The van der Waals surface area contributed by atoms with Crippen molar-refractivity contribution in [1.29, 1.82) is 0 Å². The first-order valence-electron chi connectivity index (χ1n) is 20.3. The van der Waals surface area contributed by atoms with E-state index in [-0.39, 0.29) is 17.6 Å². The number of carbonyl (C=O) groups is 3. The number of rotatable bonds is 32. The molecule has 0 aromatic rings. The lowest BCUT2D eigenvalue weighted by molar-refractivity contribution is -0.173. The van der Waals surface area contributed by atoms with Gasteiger partial charge in [0.05, 0.1) is 12.6 Å². The lowest BCUT2D eigenvalue weighted by Gasteiger charge is -2.42. The third kappa shape index (κ3) is 22.5. The number of unbranched alkanes of at least 4 members (excludes halogenated alkanes) is 21. The van der Waals surface area contributed by atoms with Crippen molar-refractivity contribution in [2.75, 3.05) is 18.9 Å². The number of aliphatic hydroxyl groups is 3. The van der Waals surface area contributed by atoms with Crippen LogP contribution >= 0.6 is 11.8 Å². The van der Waals surface area contributed by atoms with Gasteiger partial charge in [0.15, 0.2) is 0 Å². The fourth-order valence-electron chi connectivity index (χ4n) is 6.50. The van der Waals surface area contributed by atoms with Crippen LogP contribution in [0.5, 0.6) is 0 Å². The van der Waals surface area contributed by atoms with E-state index in [0.29, 0.717) is 13.0 Å². The summed E-state index contributed by atoms with van der Waals surface area (Å²) in [6, 6.07) is -1.79. The molecule has 0 aromatic heterocycles. The quantitative estimate of drug-likeness (QED) is 0.0420. The van der Waals surface area contributed by atoms with Crippen molar-refractivity contribution in [3.63, 3.8) is 0 Å². The summed E-state index contributed by atoms with van der Waals surface area (Å²) in [4.78, 5) is 38.2. The van der Waals surface area contributed by atoms with Crippen LogP contribution in [0.4, 0.5) is 0 Å². The third-order valence-corrected chi connectivity index (χ3v) is 10.9. The van der Waals surface area contributed by atoms with Gasteiger partial charge in [-0.15, -0.1) is 11.8 Å². The molecule has 1 saturated heterocycles. The van der Waals surface area contributed by atoms with Crippen LogP contribution in [0.3, 0.4) is 0 Å². The second-order valence-corrected chi connectivity index (χ2v) is 15.5. The third-order valence-electron chi connectivity index (χ3n) is 9.67. The molecule has 1 rings (SSSR count). The second-order valence-electron chi connectivity index (χ2n) is 14.4. The number of ether oxygens (including phenoxy) is 1. The van der Waals surface area contributed by atoms with E-state index in [1.54, 1.807) is 0 Å². The molecule has 10 nitrogen and oxygen atoms in total. The van der Waals surface area contributed by atoms with E-state index in [2.05, 4.69) is 29.8 Å². The topological polar surface area (TPSA) is 157 Å². The highest BCUT2D eigenvalue weighted by molar-refractivity contribution is 7.99. The highest BCUT2D eigenvalue weighted by Gasteiger charge is 2.45. The zero-order chi connectivity index (χ0) is 36.8. The predicted molar refractivity (Wildman–Crippen MR) is 205 cm³/mol. The van der Waals surface area contributed by atoms with Crippen LogP contribution in [0.2, 0.25) is 0 Å². The van der Waals surface area contributed by atoms with E-state index >= 15 is 0 Å². The van der Waals surface area contributed by atoms with Gasteiger partial charge in [-0.1, -0.05) is 149 Å². The average molecular weight is 730 g/mol. The van der Waals surface area contributed by atoms with Crippen molar-refractivity contribution < 1.29 is 34.4 Å². The smallest absolute Gasteiger partial charge is 0.243 e. The Labute approximate surface area is 308 Å². The van der Waals surface area contributed by atoms with Crippen LogP contribution in [0.15, 0.2) is 0 Å². The molecule has 0 spiro atoms. The van der Waals surface area contributed by atoms with Crippen molar-refractivity contribution in [1.82, 2.24) is 16.0 Å². The Bertz CT molecular complexity index is 868. The van der Waals surface area contributed by atoms with Crippen LogP contribution in [-0.4, -0.2) is 87.8 Å². The molecule has 11 heteroatoms. The molecule has 0 bridgehead atoms. The molecule has 1 aliphatic rings. The number of thioether (sulfide) groups is 1.